The first kappa shape index (κ1) is 20.5. The number of hydrogen-bond acceptors (Lipinski definition) is 6. The van der Waals surface area contributed by atoms with Crippen LogP contribution < -0.4 is 14.9 Å². The molecule has 3 heterocycles. The zero-order valence-corrected chi connectivity index (χ0v) is 18.9. The number of thiophene rings is 1. The van der Waals surface area contributed by atoms with Crippen LogP contribution in [0.4, 0.5) is 0 Å². The number of aryl methyl sites for hydroxylation is 2. The number of esters is 1. The summed E-state index contributed by atoms with van der Waals surface area (Å²) in [5, 5.41) is 2.01. The van der Waals surface area contributed by atoms with Crippen LogP contribution in [0.15, 0.2) is 56.8 Å². The molecule has 0 aliphatic carbocycles. The molecule has 0 spiro atoms. The van der Waals surface area contributed by atoms with E-state index in [1.54, 1.807) is 29.8 Å². The lowest BCUT2D eigenvalue weighted by molar-refractivity contribution is -0.139. The van der Waals surface area contributed by atoms with Crippen molar-refractivity contribution in [1.82, 2.24) is 4.57 Å². The lowest BCUT2D eigenvalue weighted by Crippen LogP contribution is -2.39. The molecule has 1 atom stereocenters. The van der Waals surface area contributed by atoms with E-state index in [0.29, 0.717) is 20.6 Å². The summed E-state index contributed by atoms with van der Waals surface area (Å²) < 4.78 is 7.55. The fraction of sp³-hybridized carbons (Fsp3) is 0.261. The normalized spacial score (nSPS) is 16.4. The summed E-state index contributed by atoms with van der Waals surface area (Å²) in [6.45, 7) is 7.86. The van der Waals surface area contributed by atoms with Crippen molar-refractivity contribution in [3.63, 3.8) is 0 Å². The first-order valence-corrected chi connectivity index (χ1v) is 11.4. The first-order chi connectivity index (χ1) is 14.4. The molecule has 0 amide bonds. The van der Waals surface area contributed by atoms with Gasteiger partial charge in [-0.25, -0.2) is 9.79 Å². The van der Waals surface area contributed by atoms with E-state index in [0.717, 1.165) is 21.6 Å². The highest BCUT2D eigenvalue weighted by Gasteiger charge is 2.33. The molecule has 0 unspecified atom stereocenters. The van der Waals surface area contributed by atoms with E-state index in [2.05, 4.69) is 4.99 Å². The van der Waals surface area contributed by atoms with Crippen LogP contribution in [0.25, 0.3) is 6.08 Å². The molecule has 1 aromatic carbocycles. The maximum Gasteiger partial charge on any atom is 0.338 e. The highest BCUT2D eigenvalue weighted by molar-refractivity contribution is 7.11. The van der Waals surface area contributed by atoms with Crippen LogP contribution in [0.5, 0.6) is 0 Å². The third-order valence-corrected chi connectivity index (χ3v) is 7.02. The summed E-state index contributed by atoms with van der Waals surface area (Å²) in [7, 11) is 0. The third-order valence-electron chi connectivity index (χ3n) is 5.07. The minimum Gasteiger partial charge on any atom is -0.463 e. The number of nitrogens with zero attached hydrogens (tertiary/aromatic N) is 2. The zero-order valence-electron chi connectivity index (χ0n) is 17.3. The van der Waals surface area contributed by atoms with Crippen molar-refractivity contribution >= 4 is 34.7 Å². The number of rotatable bonds is 4. The molecule has 5 nitrogen and oxygen atoms in total. The minimum absolute atomic E-state index is 0.147. The van der Waals surface area contributed by atoms with Crippen LogP contribution in [-0.4, -0.2) is 17.1 Å². The highest BCUT2D eigenvalue weighted by Crippen LogP contribution is 2.30. The molecule has 1 aliphatic heterocycles. The van der Waals surface area contributed by atoms with Crippen LogP contribution in [0, 0.1) is 13.8 Å². The minimum atomic E-state index is -0.563. The summed E-state index contributed by atoms with van der Waals surface area (Å²) in [5.74, 6) is -0.437. The Morgan fingerprint density at radius 3 is 2.57 bits per heavy atom. The van der Waals surface area contributed by atoms with Crippen molar-refractivity contribution in [2.45, 2.75) is 33.7 Å². The van der Waals surface area contributed by atoms with Gasteiger partial charge in [-0.15, -0.1) is 11.3 Å². The van der Waals surface area contributed by atoms with Crippen LogP contribution in [-0.2, 0) is 9.53 Å². The van der Waals surface area contributed by atoms with Crippen molar-refractivity contribution < 1.29 is 9.53 Å². The molecule has 4 rings (SSSR count). The summed E-state index contributed by atoms with van der Waals surface area (Å²) in [5.41, 5.74) is 3.94. The van der Waals surface area contributed by atoms with Gasteiger partial charge in [0.05, 0.1) is 28.5 Å². The molecule has 0 N–H and O–H groups in total. The Labute approximate surface area is 182 Å². The largest absolute Gasteiger partial charge is 0.463 e. The molecule has 0 fully saturated rings. The Bertz CT molecular complexity index is 1320. The topological polar surface area (TPSA) is 60.7 Å². The van der Waals surface area contributed by atoms with E-state index in [1.165, 1.54) is 11.3 Å². The van der Waals surface area contributed by atoms with E-state index in [4.69, 9.17) is 4.74 Å². The van der Waals surface area contributed by atoms with Gasteiger partial charge in [-0.2, -0.15) is 0 Å². The van der Waals surface area contributed by atoms with E-state index >= 15 is 0 Å². The smallest absolute Gasteiger partial charge is 0.338 e. The van der Waals surface area contributed by atoms with E-state index in [-0.39, 0.29) is 12.2 Å². The molecule has 1 aliphatic rings. The lowest BCUT2D eigenvalue weighted by atomic mass is 9.95. The molecule has 0 radical (unpaired) electrons. The van der Waals surface area contributed by atoms with Crippen LogP contribution in [0.1, 0.15) is 41.5 Å². The summed E-state index contributed by atoms with van der Waals surface area (Å²) >= 11 is 2.95. The van der Waals surface area contributed by atoms with Gasteiger partial charge >= 0.3 is 5.97 Å². The number of aromatic nitrogens is 1. The van der Waals surface area contributed by atoms with E-state index in [1.807, 2.05) is 55.6 Å². The summed E-state index contributed by atoms with van der Waals surface area (Å²) in [4.78, 5) is 32.5. The quantitative estimate of drug-likeness (QED) is 0.586. The number of benzene rings is 1. The molecule has 154 valence electrons. The molecule has 30 heavy (non-hydrogen) atoms. The van der Waals surface area contributed by atoms with Crippen molar-refractivity contribution in [2.24, 2.45) is 4.99 Å². The van der Waals surface area contributed by atoms with Crippen LogP contribution in [0.3, 0.4) is 0 Å². The molecule has 0 saturated carbocycles. The van der Waals surface area contributed by atoms with Crippen molar-refractivity contribution in [1.29, 1.82) is 0 Å². The molecule has 2 aromatic heterocycles. The van der Waals surface area contributed by atoms with E-state index < -0.39 is 12.0 Å². The number of ether oxygens (including phenoxy) is 1. The number of allylic oxidation sites excluding steroid dienone is 1. The number of carbonyl (C=O) groups is 1. The number of thiazole rings is 1. The van der Waals surface area contributed by atoms with Gasteiger partial charge in [0.1, 0.15) is 0 Å². The molecular weight excluding hydrogens is 416 g/mol. The maximum absolute atomic E-state index is 13.4. The summed E-state index contributed by atoms with van der Waals surface area (Å²) in [6.07, 6.45) is 1.92. The predicted molar refractivity (Wildman–Crippen MR) is 121 cm³/mol. The third kappa shape index (κ3) is 3.59. The van der Waals surface area contributed by atoms with E-state index in [9.17, 15) is 9.59 Å². The average molecular weight is 439 g/mol. The van der Waals surface area contributed by atoms with Crippen LogP contribution in [0.2, 0.25) is 0 Å². The van der Waals surface area contributed by atoms with Gasteiger partial charge in [-0.3, -0.25) is 9.36 Å². The van der Waals surface area contributed by atoms with Gasteiger partial charge in [0.15, 0.2) is 4.80 Å². The maximum atomic E-state index is 13.4. The fourth-order valence-electron chi connectivity index (χ4n) is 3.51. The second-order valence-corrected chi connectivity index (χ2v) is 9.14. The van der Waals surface area contributed by atoms with Crippen molar-refractivity contribution in [3.8, 4) is 0 Å². The van der Waals surface area contributed by atoms with Gasteiger partial charge in [0, 0.05) is 4.88 Å². The Kier molecular flexibility index (Phi) is 5.58. The Morgan fingerprint density at radius 1 is 1.20 bits per heavy atom. The zero-order chi connectivity index (χ0) is 21.4. The lowest BCUT2D eigenvalue weighted by Gasteiger charge is -2.24. The Hall–Kier alpha value is -2.77. The number of carbonyl (C=O) groups excluding carboxylic acids is 1. The Morgan fingerprint density at radius 2 is 1.93 bits per heavy atom. The standard InChI is InChI=1S/C23H22N2O3S2/c1-5-28-22(27)19-15(4)24-23-25(20(19)16-8-6-13(2)7-9-16)21(26)18(30-23)12-17-14(3)10-11-29-17/h6-12,20H,5H2,1-4H3/b18-12+/t20-/m0/s1. The number of fused-ring (bicyclic) bond motifs is 1. The second kappa shape index (κ2) is 8.16. The monoisotopic (exact) mass is 438 g/mol. The summed E-state index contributed by atoms with van der Waals surface area (Å²) in [6, 6.07) is 9.35. The number of hydrogen-bond donors (Lipinski definition) is 0. The second-order valence-electron chi connectivity index (χ2n) is 7.18. The molecular formula is C23H22N2O3S2. The van der Waals surface area contributed by atoms with Crippen molar-refractivity contribution in [3.05, 3.63) is 88.2 Å². The average Bonchev–Trinajstić information content (AvgIpc) is 3.25. The Balaban J connectivity index is 1.97. The van der Waals surface area contributed by atoms with Gasteiger partial charge in [-0.05, 0) is 56.3 Å². The molecule has 0 bridgehead atoms. The fourth-order valence-corrected chi connectivity index (χ4v) is 5.47. The van der Waals surface area contributed by atoms with Gasteiger partial charge in [0.2, 0.25) is 0 Å². The molecule has 3 aromatic rings. The first-order valence-electron chi connectivity index (χ1n) is 9.71. The molecule has 7 heteroatoms. The predicted octanol–water partition coefficient (Wildman–Crippen LogP) is 3.48. The van der Waals surface area contributed by atoms with Crippen molar-refractivity contribution in [2.75, 3.05) is 6.61 Å². The van der Waals surface area contributed by atoms with Gasteiger partial charge in [-0.1, -0.05) is 41.2 Å². The van der Waals surface area contributed by atoms with Gasteiger partial charge < -0.3 is 4.74 Å². The molecule has 0 saturated heterocycles. The SMILES string of the molecule is CCOC(=O)C1=C(C)N=c2s/c(=C/c3sccc3C)c(=O)n2[C@H]1c1ccc(C)cc1. The van der Waals surface area contributed by atoms with Gasteiger partial charge in [0.25, 0.3) is 5.56 Å². The highest BCUT2D eigenvalue weighted by atomic mass is 32.1. The van der Waals surface area contributed by atoms with Crippen LogP contribution >= 0.6 is 22.7 Å².